The molecule has 19 heavy (non-hydrogen) atoms. The molecular weight excluding hydrogens is 268 g/mol. The third-order valence-electron chi connectivity index (χ3n) is 2.73. The second kappa shape index (κ2) is 6.14. The van der Waals surface area contributed by atoms with Gasteiger partial charge in [-0.2, -0.15) is 0 Å². The van der Waals surface area contributed by atoms with E-state index in [0.717, 1.165) is 0 Å². The van der Waals surface area contributed by atoms with Crippen LogP contribution in [0.2, 0.25) is 0 Å². The molecule has 0 saturated heterocycles. The third kappa shape index (κ3) is 4.02. The van der Waals surface area contributed by atoms with Crippen LogP contribution in [0.3, 0.4) is 0 Å². The first kappa shape index (κ1) is 15.6. The van der Waals surface area contributed by atoms with Crippen LogP contribution in [0.5, 0.6) is 0 Å². The molecule has 0 heterocycles. The highest BCUT2D eigenvalue weighted by molar-refractivity contribution is 7.89. The average Bonchev–Trinajstić information content (AvgIpc) is 2.33. The lowest BCUT2D eigenvalue weighted by atomic mass is 10.1. The van der Waals surface area contributed by atoms with E-state index in [9.17, 15) is 13.2 Å². The number of carbonyl (C=O) groups excluding carboxylic acids is 1. The molecule has 0 radical (unpaired) electrons. The second-order valence-corrected chi connectivity index (χ2v) is 5.80. The van der Waals surface area contributed by atoms with E-state index in [-0.39, 0.29) is 10.8 Å². The van der Waals surface area contributed by atoms with Gasteiger partial charge in [0, 0.05) is 26.3 Å². The van der Waals surface area contributed by atoms with Crippen molar-refractivity contribution in [1.29, 1.82) is 0 Å². The zero-order valence-electron chi connectivity index (χ0n) is 11.2. The molecule has 0 bridgehead atoms. The van der Waals surface area contributed by atoms with Crippen LogP contribution in [0.4, 0.5) is 0 Å². The summed E-state index contributed by atoms with van der Waals surface area (Å²) in [6.07, 6.45) is 0. The SMILES string of the molecule is COCCN(C)C(=O)c1ccc(S(N)(=O)=O)cc1C. The molecule has 0 aliphatic heterocycles. The molecule has 0 spiro atoms. The Balaban J connectivity index is 3.00. The number of nitrogens with two attached hydrogens (primary N) is 1. The van der Waals surface area contributed by atoms with Crippen molar-refractivity contribution < 1.29 is 17.9 Å². The predicted octanol–water partition coefficient (Wildman–Crippen LogP) is 0.361. The molecule has 0 unspecified atom stereocenters. The summed E-state index contributed by atoms with van der Waals surface area (Å²) in [5.41, 5.74) is 1.02. The van der Waals surface area contributed by atoms with Gasteiger partial charge in [0.15, 0.2) is 0 Å². The molecule has 0 aliphatic rings. The van der Waals surface area contributed by atoms with Crippen LogP contribution in [-0.4, -0.2) is 46.5 Å². The highest BCUT2D eigenvalue weighted by Crippen LogP contribution is 2.15. The molecule has 0 aromatic heterocycles. The minimum absolute atomic E-state index is 0.00101. The van der Waals surface area contributed by atoms with Crippen LogP contribution in [0.25, 0.3) is 0 Å². The Morgan fingerprint density at radius 1 is 1.42 bits per heavy atom. The van der Waals surface area contributed by atoms with Gasteiger partial charge in [0.2, 0.25) is 10.0 Å². The van der Waals surface area contributed by atoms with E-state index in [1.807, 2.05) is 0 Å². The molecule has 1 amide bonds. The highest BCUT2D eigenvalue weighted by atomic mass is 32.2. The minimum atomic E-state index is -3.75. The van der Waals surface area contributed by atoms with Crippen molar-refractivity contribution in [3.8, 4) is 0 Å². The topological polar surface area (TPSA) is 89.7 Å². The van der Waals surface area contributed by atoms with Gasteiger partial charge in [-0.1, -0.05) is 0 Å². The maximum Gasteiger partial charge on any atom is 0.253 e. The first-order valence-corrected chi connectivity index (χ1v) is 7.20. The lowest BCUT2D eigenvalue weighted by molar-refractivity contribution is 0.0743. The van der Waals surface area contributed by atoms with E-state index in [2.05, 4.69) is 0 Å². The maximum atomic E-state index is 12.1. The van der Waals surface area contributed by atoms with Gasteiger partial charge < -0.3 is 9.64 Å². The van der Waals surface area contributed by atoms with E-state index >= 15 is 0 Å². The second-order valence-electron chi connectivity index (χ2n) is 4.24. The van der Waals surface area contributed by atoms with Crippen molar-refractivity contribution in [3.05, 3.63) is 29.3 Å². The number of hydrogen-bond donors (Lipinski definition) is 1. The van der Waals surface area contributed by atoms with Crippen molar-refractivity contribution in [2.45, 2.75) is 11.8 Å². The van der Waals surface area contributed by atoms with Gasteiger partial charge in [0.25, 0.3) is 5.91 Å². The molecule has 6 nitrogen and oxygen atoms in total. The summed E-state index contributed by atoms with van der Waals surface area (Å²) >= 11 is 0. The van der Waals surface area contributed by atoms with Gasteiger partial charge in [0.05, 0.1) is 11.5 Å². The largest absolute Gasteiger partial charge is 0.383 e. The fourth-order valence-corrected chi connectivity index (χ4v) is 2.19. The summed E-state index contributed by atoms with van der Waals surface area (Å²) in [4.78, 5) is 13.6. The molecule has 0 aliphatic carbocycles. The van der Waals surface area contributed by atoms with Crippen molar-refractivity contribution in [2.75, 3.05) is 27.3 Å². The molecular formula is C12H18N2O4S. The van der Waals surface area contributed by atoms with Gasteiger partial charge in [-0.25, -0.2) is 13.6 Å². The lowest BCUT2D eigenvalue weighted by Crippen LogP contribution is -2.30. The number of carbonyl (C=O) groups is 1. The van der Waals surface area contributed by atoms with Gasteiger partial charge in [-0.05, 0) is 30.7 Å². The summed E-state index contributed by atoms with van der Waals surface area (Å²) in [6, 6.07) is 4.20. The number of likely N-dealkylation sites (N-methyl/N-ethyl adjacent to an activating group) is 1. The number of benzene rings is 1. The lowest BCUT2D eigenvalue weighted by Gasteiger charge is -2.18. The summed E-state index contributed by atoms with van der Waals surface area (Å²) in [5.74, 6) is -0.185. The Morgan fingerprint density at radius 2 is 2.05 bits per heavy atom. The molecule has 1 aromatic carbocycles. The molecule has 2 N–H and O–H groups in total. The Kier molecular flexibility index (Phi) is 5.04. The Hall–Kier alpha value is -1.44. The average molecular weight is 286 g/mol. The van der Waals surface area contributed by atoms with Crippen molar-refractivity contribution in [2.24, 2.45) is 5.14 Å². The van der Waals surface area contributed by atoms with Gasteiger partial charge in [-0.3, -0.25) is 4.79 Å². The molecule has 0 fully saturated rings. The Labute approximate surface area is 113 Å². The molecule has 0 atom stereocenters. The number of ether oxygens (including phenoxy) is 1. The van der Waals surface area contributed by atoms with Crippen LogP contribution < -0.4 is 5.14 Å². The third-order valence-corrected chi connectivity index (χ3v) is 3.65. The molecule has 1 rings (SSSR count). The van der Waals surface area contributed by atoms with Crippen LogP contribution >= 0.6 is 0 Å². The van der Waals surface area contributed by atoms with E-state index in [4.69, 9.17) is 9.88 Å². The zero-order chi connectivity index (χ0) is 14.6. The van der Waals surface area contributed by atoms with Crippen LogP contribution in [0.1, 0.15) is 15.9 Å². The fourth-order valence-electron chi connectivity index (χ4n) is 1.59. The molecule has 1 aromatic rings. The number of hydrogen-bond acceptors (Lipinski definition) is 4. The quantitative estimate of drug-likeness (QED) is 0.846. The molecule has 0 saturated carbocycles. The molecule has 7 heteroatoms. The van der Waals surface area contributed by atoms with E-state index in [0.29, 0.717) is 24.3 Å². The monoisotopic (exact) mass is 286 g/mol. The van der Waals surface area contributed by atoms with Crippen molar-refractivity contribution in [3.63, 3.8) is 0 Å². The summed E-state index contributed by atoms with van der Waals surface area (Å²) < 4.78 is 27.3. The number of nitrogens with zero attached hydrogens (tertiary/aromatic N) is 1. The van der Waals surface area contributed by atoms with Gasteiger partial charge >= 0.3 is 0 Å². The first-order valence-electron chi connectivity index (χ1n) is 5.65. The van der Waals surface area contributed by atoms with E-state index in [1.54, 1.807) is 21.1 Å². The highest BCUT2D eigenvalue weighted by Gasteiger charge is 2.16. The smallest absolute Gasteiger partial charge is 0.253 e. The number of amides is 1. The van der Waals surface area contributed by atoms with E-state index < -0.39 is 10.0 Å². The zero-order valence-corrected chi connectivity index (χ0v) is 12.0. The van der Waals surface area contributed by atoms with Crippen LogP contribution in [0, 0.1) is 6.92 Å². The van der Waals surface area contributed by atoms with Gasteiger partial charge in [-0.15, -0.1) is 0 Å². The predicted molar refractivity (Wildman–Crippen MR) is 71.4 cm³/mol. The van der Waals surface area contributed by atoms with Crippen molar-refractivity contribution in [1.82, 2.24) is 4.90 Å². The van der Waals surface area contributed by atoms with Gasteiger partial charge in [0.1, 0.15) is 0 Å². The normalized spacial score (nSPS) is 11.4. The summed E-state index contributed by atoms with van der Waals surface area (Å²) in [7, 11) is -0.526. The number of aryl methyl sites for hydroxylation is 1. The first-order chi connectivity index (χ1) is 8.77. The minimum Gasteiger partial charge on any atom is -0.383 e. The number of rotatable bonds is 5. The van der Waals surface area contributed by atoms with E-state index in [1.165, 1.54) is 23.1 Å². The molecule has 106 valence electrons. The Bertz CT molecular complexity index is 569. The standard InChI is InChI=1S/C12H18N2O4S/c1-9-8-10(19(13,16)17)4-5-11(9)12(15)14(2)6-7-18-3/h4-5,8H,6-7H2,1-3H3,(H2,13,16,17). The maximum absolute atomic E-state index is 12.1. The number of primary sulfonamides is 1. The summed E-state index contributed by atoms with van der Waals surface area (Å²) in [6.45, 7) is 2.58. The van der Waals surface area contributed by atoms with Crippen molar-refractivity contribution >= 4 is 15.9 Å². The van der Waals surface area contributed by atoms with Crippen LogP contribution in [0.15, 0.2) is 23.1 Å². The number of methoxy groups -OCH3 is 1. The number of sulfonamides is 1. The fraction of sp³-hybridized carbons (Fsp3) is 0.417. The Morgan fingerprint density at radius 3 is 2.53 bits per heavy atom. The summed E-state index contributed by atoms with van der Waals surface area (Å²) in [5, 5.41) is 5.04. The van der Waals surface area contributed by atoms with Crippen LogP contribution in [-0.2, 0) is 14.8 Å².